The first kappa shape index (κ1) is 12.1. The molecule has 0 aliphatic carbocycles. The lowest BCUT2D eigenvalue weighted by Crippen LogP contribution is -2.41. The molecule has 0 aliphatic rings. The zero-order valence-electron chi connectivity index (χ0n) is 8.10. The number of carbonyl (C=O) groups is 2. The summed E-state index contributed by atoms with van der Waals surface area (Å²) in [6, 6.07) is 3.00. The van der Waals surface area contributed by atoms with Crippen molar-refractivity contribution in [3.8, 4) is 0 Å². The average Bonchev–Trinajstić information content (AvgIpc) is 2.63. The second-order valence-electron chi connectivity index (χ2n) is 2.83. The number of carboxylic acid groups (broad SMARTS) is 1. The molecular formula is C9H11NO3S2. The third-order valence-electron chi connectivity index (χ3n) is 1.56. The quantitative estimate of drug-likeness (QED) is 0.770. The fourth-order valence-electron chi connectivity index (χ4n) is 0.931. The Kier molecular flexibility index (Phi) is 4.64. The Morgan fingerprint density at radius 2 is 2.40 bits per heavy atom. The van der Waals surface area contributed by atoms with Gasteiger partial charge in [0.05, 0.1) is 4.21 Å². The molecule has 15 heavy (non-hydrogen) atoms. The molecule has 0 bridgehead atoms. The van der Waals surface area contributed by atoms with Crippen molar-refractivity contribution in [2.24, 2.45) is 0 Å². The molecule has 0 saturated heterocycles. The van der Waals surface area contributed by atoms with E-state index in [0.717, 1.165) is 4.21 Å². The molecule has 1 amide bonds. The fourth-order valence-corrected chi connectivity index (χ4v) is 2.75. The van der Waals surface area contributed by atoms with E-state index in [-0.39, 0.29) is 5.91 Å². The van der Waals surface area contributed by atoms with Crippen LogP contribution in [0.3, 0.4) is 0 Å². The highest BCUT2D eigenvalue weighted by Gasteiger charge is 2.18. The van der Waals surface area contributed by atoms with Gasteiger partial charge in [0.25, 0.3) is 0 Å². The van der Waals surface area contributed by atoms with Crippen molar-refractivity contribution in [2.45, 2.75) is 17.2 Å². The molecule has 4 nitrogen and oxygen atoms in total. The Balaban J connectivity index is 2.45. The molecule has 82 valence electrons. The molecule has 0 aromatic carbocycles. The smallest absolute Gasteiger partial charge is 0.327 e. The predicted octanol–water partition coefficient (Wildman–Crippen LogP) is 1.43. The number of thioether (sulfide) groups is 1. The van der Waals surface area contributed by atoms with Crippen molar-refractivity contribution in [3.05, 3.63) is 17.5 Å². The van der Waals surface area contributed by atoms with E-state index in [1.165, 1.54) is 18.7 Å². The minimum absolute atomic E-state index is 0.325. The summed E-state index contributed by atoms with van der Waals surface area (Å²) in [4.78, 5) is 21.5. The van der Waals surface area contributed by atoms with Crippen LogP contribution < -0.4 is 5.32 Å². The number of rotatable bonds is 5. The second kappa shape index (κ2) is 5.77. The van der Waals surface area contributed by atoms with Crippen molar-refractivity contribution < 1.29 is 14.7 Å². The molecule has 1 rings (SSSR count). The third kappa shape index (κ3) is 4.35. The fraction of sp³-hybridized carbons (Fsp3) is 0.333. The Morgan fingerprint density at radius 3 is 2.87 bits per heavy atom. The number of thiophene rings is 1. The molecule has 0 unspecified atom stereocenters. The summed E-state index contributed by atoms with van der Waals surface area (Å²) in [5.41, 5.74) is 0. The number of carbonyl (C=O) groups excluding carboxylic acids is 1. The van der Waals surface area contributed by atoms with E-state index < -0.39 is 12.0 Å². The van der Waals surface area contributed by atoms with Crippen LogP contribution in [-0.4, -0.2) is 28.8 Å². The van der Waals surface area contributed by atoms with Crippen LogP contribution in [0.5, 0.6) is 0 Å². The van der Waals surface area contributed by atoms with Gasteiger partial charge in [-0.2, -0.15) is 0 Å². The minimum atomic E-state index is -1.01. The van der Waals surface area contributed by atoms with E-state index >= 15 is 0 Å². The van der Waals surface area contributed by atoms with Crippen LogP contribution in [-0.2, 0) is 9.59 Å². The van der Waals surface area contributed by atoms with Crippen molar-refractivity contribution in [1.82, 2.24) is 5.32 Å². The molecule has 6 heteroatoms. The van der Waals surface area contributed by atoms with Crippen LogP contribution in [0.15, 0.2) is 21.7 Å². The predicted molar refractivity (Wildman–Crippen MR) is 60.3 cm³/mol. The van der Waals surface area contributed by atoms with Gasteiger partial charge in [0.15, 0.2) is 0 Å². The normalized spacial score (nSPS) is 12.1. The van der Waals surface area contributed by atoms with Gasteiger partial charge in [0, 0.05) is 12.7 Å². The summed E-state index contributed by atoms with van der Waals surface area (Å²) in [5, 5.41) is 13.1. The zero-order valence-corrected chi connectivity index (χ0v) is 9.73. The molecule has 0 fully saturated rings. The first-order chi connectivity index (χ1) is 7.09. The second-order valence-corrected chi connectivity index (χ2v) is 5.10. The van der Waals surface area contributed by atoms with E-state index in [4.69, 9.17) is 5.11 Å². The highest BCUT2D eigenvalue weighted by molar-refractivity contribution is 8.01. The zero-order chi connectivity index (χ0) is 11.3. The molecule has 1 aromatic heterocycles. The molecule has 0 aliphatic heterocycles. The Morgan fingerprint density at radius 1 is 1.67 bits per heavy atom. The third-order valence-corrected chi connectivity index (χ3v) is 3.79. The van der Waals surface area contributed by atoms with Crippen molar-refractivity contribution >= 4 is 35.0 Å². The van der Waals surface area contributed by atoms with Crippen LogP contribution in [0.25, 0.3) is 0 Å². The molecule has 1 atom stereocenters. The van der Waals surface area contributed by atoms with E-state index in [1.54, 1.807) is 11.3 Å². The van der Waals surface area contributed by atoms with E-state index in [0.29, 0.717) is 5.75 Å². The maximum absolute atomic E-state index is 10.8. The number of amides is 1. The summed E-state index contributed by atoms with van der Waals surface area (Å²) < 4.78 is 1.05. The lowest BCUT2D eigenvalue weighted by atomic mass is 10.3. The van der Waals surface area contributed by atoms with Gasteiger partial charge in [0.2, 0.25) is 5.91 Å². The molecule has 1 heterocycles. The van der Waals surface area contributed by atoms with Gasteiger partial charge in [-0.25, -0.2) is 4.79 Å². The first-order valence-corrected chi connectivity index (χ1v) is 6.12. The highest BCUT2D eigenvalue weighted by Crippen LogP contribution is 2.23. The van der Waals surface area contributed by atoms with E-state index in [9.17, 15) is 9.59 Å². The maximum atomic E-state index is 10.8. The van der Waals surface area contributed by atoms with Crippen LogP contribution >= 0.6 is 23.1 Å². The Hall–Kier alpha value is -1.01. The average molecular weight is 245 g/mol. The minimum Gasteiger partial charge on any atom is -0.480 e. The van der Waals surface area contributed by atoms with Crippen LogP contribution in [0.4, 0.5) is 0 Å². The lowest BCUT2D eigenvalue weighted by Gasteiger charge is -2.11. The monoisotopic (exact) mass is 245 g/mol. The van der Waals surface area contributed by atoms with Gasteiger partial charge in [-0.15, -0.1) is 23.1 Å². The topological polar surface area (TPSA) is 66.4 Å². The van der Waals surface area contributed by atoms with Crippen LogP contribution in [0.1, 0.15) is 6.92 Å². The number of nitrogens with one attached hydrogen (secondary N) is 1. The first-order valence-electron chi connectivity index (χ1n) is 4.26. The maximum Gasteiger partial charge on any atom is 0.327 e. The van der Waals surface area contributed by atoms with Crippen LogP contribution in [0.2, 0.25) is 0 Å². The van der Waals surface area contributed by atoms with Gasteiger partial charge in [-0.3, -0.25) is 4.79 Å². The lowest BCUT2D eigenvalue weighted by molar-refractivity contribution is -0.140. The van der Waals surface area contributed by atoms with Gasteiger partial charge >= 0.3 is 5.97 Å². The van der Waals surface area contributed by atoms with Crippen molar-refractivity contribution in [2.75, 3.05) is 5.75 Å². The molecule has 0 saturated carbocycles. The van der Waals surface area contributed by atoms with Gasteiger partial charge < -0.3 is 10.4 Å². The standard InChI is InChI=1S/C9H11NO3S2/c1-6(11)10-7(9(12)13)5-15-8-3-2-4-14-8/h2-4,7H,5H2,1H3,(H,10,11)(H,12,13)/t7-/m0/s1. The molecule has 0 spiro atoms. The van der Waals surface area contributed by atoms with Crippen molar-refractivity contribution in [3.63, 3.8) is 0 Å². The molecule has 2 N–H and O–H groups in total. The summed E-state index contributed by atoms with van der Waals surface area (Å²) in [6.07, 6.45) is 0. The largest absolute Gasteiger partial charge is 0.480 e. The van der Waals surface area contributed by atoms with Crippen molar-refractivity contribution in [1.29, 1.82) is 0 Å². The molecule has 0 radical (unpaired) electrons. The summed E-state index contributed by atoms with van der Waals surface area (Å²) in [5.74, 6) is -0.987. The highest BCUT2D eigenvalue weighted by atomic mass is 32.2. The number of hydrogen-bond acceptors (Lipinski definition) is 4. The number of hydrogen-bond donors (Lipinski definition) is 2. The van der Waals surface area contributed by atoms with Crippen LogP contribution in [0, 0.1) is 0 Å². The van der Waals surface area contributed by atoms with Gasteiger partial charge in [0.1, 0.15) is 6.04 Å². The summed E-state index contributed by atoms with van der Waals surface area (Å²) in [7, 11) is 0. The summed E-state index contributed by atoms with van der Waals surface area (Å²) in [6.45, 7) is 1.31. The molecule has 1 aromatic rings. The number of aliphatic carboxylic acids is 1. The summed E-state index contributed by atoms with van der Waals surface area (Å²) >= 11 is 2.98. The number of carboxylic acids is 1. The van der Waals surface area contributed by atoms with E-state index in [2.05, 4.69) is 5.32 Å². The van der Waals surface area contributed by atoms with Gasteiger partial charge in [-0.05, 0) is 11.4 Å². The van der Waals surface area contributed by atoms with Gasteiger partial charge in [-0.1, -0.05) is 6.07 Å². The Bertz CT molecular complexity index is 337. The molecular weight excluding hydrogens is 234 g/mol. The SMILES string of the molecule is CC(=O)N[C@@H](CSc1cccs1)C(=O)O. The Labute approximate surface area is 95.7 Å². The van der Waals surface area contributed by atoms with E-state index in [1.807, 2.05) is 17.5 Å².